The van der Waals surface area contributed by atoms with E-state index >= 15 is 0 Å². The fourth-order valence-electron chi connectivity index (χ4n) is 3.39. The molecule has 1 aromatic carbocycles. The van der Waals surface area contributed by atoms with Crippen LogP contribution >= 0.6 is 0 Å². The molecule has 0 unspecified atom stereocenters. The smallest absolute Gasteiger partial charge is 0.359 e. The van der Waals surface area contributed by atoms with Crippen molar-refractivity contribution in [2.24, 2.45) is 5.92 Å². The predicted octanol–water partition coefficient (Wildman–Crippen LogP) is 3.85. The molecule has 30 heavy (non-hydrogen) atoms. The molecule has 1 aromatic heterocycles. The molecule has 160 valence electrons. The van der Waals surface area contributed by atoms with Gasteiger partial charge in [-0.05, 0) is 25.8 Å². The minimum absolute atomic E-state index is 0.0579. The Hall–Kier alpha value is -3.22. The van der Waals surface area contributed by atoms with Crippen LogP contribution in [0.5, 0.6) is 11.5 Å². The molecule has 2 heterocycles. The Kier molecular flexibility index (Phi) is 7.17. The molecule has 0 N–H and O–H groups in total. The van der Waals surface area contributed by atoms with Crippen LogP contribution in [0.15, 0.2) is 43.0 Å². The third-order valence-corrected chi connectivity index (χ3v) is 4.72. The number of hydrogen-bond acceptors (Lipinski definition) is 6. The Morgan fingerprint density at radius 3 is 2.03 bits per heavy atom. The molecule has 0 aliphatic carbocycles. The lowest BCUT2D eigenvalue weighted by atomic mass is 10.1. The van der Waals surface area contributed by atoms with Crippen molar-refractivity contribution in [1.82, 2.24) is 4.57 Å². The first-order valence-corrected chi connectivity index (χ1v) is 10.1. The van der Waals surface area contributed by atoms with Crippen molar-refractivity contribution in [2.45, 2.75) is 26.8 Å². The molecule has 0 bridgehead atoms. The average molecular weight is 413 g/mol. The Morgan fingerprint density at radius 2 is 1.57 bits per heavy atom. The van der Waals surface area contributed by atoms with Crippen LogP contribution in [0, 0.1) is 5.92 Å². The highest BCUT2D eigenvalue weighted by Crippen LogP contribution is 2.42. The van der Waals surface area contributed by atoms with Gasteiger partial charge < -0.3 is 23.5 Å². The van der Waals surface area contributed by atoms with E-state index in [2.05, 4.69) is 6.58 Å². The molecular formula is C23H27NO6. The minimum atomic E-state index is -0.578. The highest BCUT2D eigenvalue weighted by molar-refractivity contribution is 6.00. The van der Waals surface area contributed by atoms with E-state index in [1.165, 1.54) is 0 Å². The summed E-state index contributed by atoms with van der Waals surface area (Å²) in [5, 5.41) is 0. The highest BCUT2D eigenvalue weighted by Gasteiger charge is 2.37. The van der Waals surface area contributed by atoms with Crippen molar-refractivity contribution < 1.29 is 28.5 Å². The molecule has 1 aliphatic rings. The zero-order valence-corrected chi connectivity index (χ0v) is 17.4. The van der Waals surface area contributed by atoms with Crippen molar-refractivity contribution in [3.05, 3.63) is 59.9 Å². The summed E-state index contributed by atoms with van der Waals surface area (Å²) < 4.78 is 24.1. The molecule has 0 atom stereocenters. The van der Waals surface area contributed by atoms with Crippen LogP contribution in [0.25, 0.3) is 0 Å². The monoisotopic (exact) mass is 413 g/mol. The summed E-state index contributed by atoms with van der Waals surface area (Å²) >= 11 is 0. The van der Waals surface area contributed by atoms with E-state index in [0.717, 1.165) is 5.56 Å². The van der Waals surface area contributed by atoms with Crippen molar-refractivity contribution in [3.8, 4) is 11.5 Å². The quantitative estimate of drug-likeness (QED) is 0.483. The maximum Gasteiger partial charge on any atom is 0.359 e. The van der Waals surface area contributed by atoms with Crippen LogP contribution in [-0.2, 0) is 16.0 Å². The van der Waals surface area contributed by atoms with Gasteiger partial charge in [0.1, 0.15) is 0 Å². The number of carbonyl (C=O) groups excluding carboxylic acids is 2. The number of allylic oxidation sites excluding steroid dienone is 1. The van der Waals surface area contributed by atoms with E-state index in [1.807, 2.05) is 30.3 Å². The number of esters is 2. The molecule has 3 rings (SSSR count). The van der Waals surface area contributed by atoms with Crippen molar-refractivity contribution >= 4 is 11.9 Å². The van der Waals surface area contributed by atoms with Gasteiger partial charge in [-0.3, -0.25) is 0 Å². The van der Waals surface area contributed by atoms with E-state index in [4.69, 9.17) is 18.9 Å². The zero-order chi connectivity index (χ0) is 21.5. The van der Waals surface area contributed by atoms with Gasteiger partial charge in [0.25, 0.3) is 0 Å². The van der Waals surface area contributed by atoms with Gasteiger partial charge in [0.05, 0.1) is 26.4 Å². The average Bonchev–Trinajstić information content (AvgIpc) is 2.90. The molecule has 0 saturated heterocycles. The van der Waals surface area contributed by atoms with Crippen LogP contribution in [0.3, 0.4) is 0 Å². The van der Waals surface area contributed by atoms with Crippen LogP contribution < -0.4 is 9.47 Å². The van der Waals surface area contributed by atoms with Crippen LogP contribution in [-0.4, -0.2) is 42.9 Å². The molecule has 7 heteroatoms. The van der Waals surface area contributed by atoms with Crippen molar-refractivity contribution in [3.63, 3.8) is 0 Å². The van der Waals surface area contributed by atoms with E-state index in [-0.39, 0.29) is 48.6 Å². The maximum absolute atomic E-state index is 12.9. The summed E-state index contributed by atoms with van der Waals surface area (Å²) in [6.45, 7) is 8.54. The fourth-order valence-corrected chi connectivity index (χ4v) is 3.39. The van der Waals surface area contributed by atoms with Gasteiger partial charge >= 0.3 is 11.9 Å². The Morgan fingerprint density at radius 1 is 1.03 bits per heavy atom. The molecule has 0 radical (unpaired) electrons. The Balaban J connectivity index is 2.15. The number of rotatable bonds is 8. The summed E-state index contributed by atoms with van der Waals surface area (Å²) in [4.78, 5) is 25.8. The summed E-state index contributed by atoms with van der Waals surface area (Å²) in [6.07, 6.45) is 2.49. The number of carbonyl (C=O) groups is 2. The zero-order valence-electron chi connectivity index (χ0n) is 17.4. The Labute approximate surface area is 176 Å². The SMILES string of the molecule is C=CCC1COc2c(c(C(=O)OCC)n(Cc3ccccc3)c2C(=O)OCC)OC1. The lowest BCUT2D eigenvalue weighted by molar-refractivity contribution is 0.0499. The van der Waals surface area contributed by atoms with E-state index < -0.39 is 11.9 Å². The molecule has 0 saturated carbocycles. The normalized spacial score (nSPS) is 13.4. The number of fused-ring (bicyclic) bond motifs is 1. The lowest BCUT2D eigenvalue weighted by Gasteiger charge is -2.15. The molecule has 0 fully saturated rings. The minimum Gasteiger partial charge on any atom is -0.487 e. The molecule has 1 aliphatic heterocycles. The van der Waals surface area contributed by atoms with E-state index in [1.54, 1.807) is 24.5 Å². The number of nitrogens with zero attached hydrogens (tertiary/aromatic N) is 1. The van der Waals surface area contributed by atoms with Gasteiger partial charge in [0.15, 0.2) is 22.9 Å². The van der Waals surface area contributed by atoms with Crippen LogP contribution in [0.1, 0.15) is 46.8 Å². The maximum atomic E-state index is 12.9. The van der Waals surface area contributed by atoms with Gasteiger partial charge in [-0.1, -0.05) is 36.4 Å². The van der Waals surface area contributed by atoms with Gasteiger partial charge in [-0.25, -0.2) is 9.59 Å². The number of aromatic nitrogens is 1. The second-order valence-electron chi connectivity index (χ2n) is 6.88. The van der Waals surface area contributed by atoms with E-state index in [0.29, 0.717) is 19.6 Å². The summed E-state index contributed by atoms with van der Waals surface area (Å²) in [6, 6.07) is 9.52. The van der Waals surface area contributed by atoms with Gasteiger partial charge in [-0.2, -0.15) is 0 Å². The van der Waals surface area contributed by atoms with Gasteiger partial charge in [-0.15, -0.1) is 6.58 Å². The largest absolute Gasteiger partial charge is 0.487 e. The van der Waals surface area contributed by atoms with Gasteiger partial charge in [0, 0.05) is 12.5 Å². The summed E-state index contributed by atoms with van der Waals surface area (Å²) in [7, 11) is 0. The second-order valence-corrected chi connectivity index (χ2v) is 6.88. The third kappa shape index (κ3) is 4.50. The fraction of sp³-hybridized carbons (Fsp3) is 0.391. The summed E-state index contributed by atoms with van der Waals surface area (Å²) in [5.41, 5.74) is 1.21. The molecule has 2 aromatic rings. The predicted molar refractivity (Wildman–Crippen MR) is 111 cm³/mol. The first kappa shape index (κ1) is 21.5. The first-order chi connectivity index (χ1) is 14.6. The molecule has 0 amide bonds. The standard InChI is InChI=1S/C23H27NO6/c1-4-10-17-14-29-20-18(22(25)27-5-2)24(13-16-11-8-7-9-12-16)19(21(20)30-15-17)23(26)28-6-3/h4,7-9,11-12,17H,1,5-6,10,13-15H2,2-3H3. The summed E-state index contributed by atoms with van der Waals surface area (Å²) in [5.74, 6) is -0.655. The van der Waals surface area contributed by atoms with Gasteiger partial charge in [0.2, 0.25) is 0 Å². The molecule has 7 nitrogen and oxygen atoms in total. The molecule has 0 spiro atoms. The second kappa shape index (κ2) is 10.0. The van der Waals surface area contributed by atoms with Crippen LogP contribution in [0.2, 0.25) is 0 Å². The number of benzene rings is 1. The lowest BCUT2D eigenvalue weighted by Crippen LogP contribution is -2.22. The van der Waals surface area contributed by atoms with Crippen molar-refractivity contribution in [2.75, 3.05) is 26.4 Å². The van der Waals surface area contributed by atoms with Crippen molar-refractivity contribution in [1.29, 1.82) is 0 Å². The number of ether oxygens (including phenoxy) is 4. The van der Waals surface area contributed by atoms with E-state index in [9.17, 15) is 9.59 Å². The third-order valence-electron chi connectivity index (χ3n) is 4.72. The number of hydrogen-bond donors (Lipinski definition) is 0. The van der Waals surface area contributed by atoms with Crippen LogP contribution in [0.4, 0.5) is 0 Å². The topological polar surface area (TPSA) is 76.0 Å². The molecular weight excluding hydrogens is 386 g/mol. The Bertz CT molecular complexity index is 855. The first-order valence-electron chi connectivity index (χ1n) is 10.1. The highest BCUT2D eigenvalue weighted by atomic mass is 16.6.